The van der Waals surface area contributed by atoms with Gasteiger partial charge in [0.2, 0.25) is 0 Å². The highest BCUT2D eigenvalue weighted by Gasteiger charge is 1.86. The lowest BCUT2D eigenvalue weighted by molar-refractivity contribution is -0.131. The topological polar surface area (TPSA) is 49.3 Å². The molecule has 1 rings (SSSR count). The van der Waals surface area contributed by atoms with Gasteiger partial charge in [-0.05, 0) is 26.1 Å². The molecule has 0 aromatic heterocycles. The molecule has 0 bridgehead atoms. The predicted octanol–water partition coefficient (Wildman–Crippen LogP) is 2.27. The Morgan fingerprint density at radius 3 is 2.43 bits per heavy atom. The average Bonchev–Trinajstić information content (AvgIpc) is 2.06. The van der Waals surface area contributed by atoms with Gasteiger partial charge in [-0.1, -0.05) is 17.7 Å². The van der Waals surface area contributed by atoms with Crippen molar-refractivity contribution in [2.24, 2.45) is 0 Å². The maximum atomic E-state index is 9.51. The van der Waals surface area contributed by atoms with Crippen LogP contribution in [0.5, 0.6) is 0 Å². The maximum Gasteiger partial charge on any atom is 0.327 e. The van der Waals surface area contributed by atoms with Gasteiger partial charge in [-0.15, -0.1) is 17.0 Å². The van der Waals surface area contributed by atoms with E-state index in [1.165, 1.54) is 11.6 Å². The molecule has 0 aromatic carbocycles. The number of carboxylic acid groups (broad SMARTS) is 1. The van der Waals surface area contributed by atoms with Crippen LogP contribution in [0, 0.1) is 0 Å². The van der Waals surface area contributed by atoms with E-state index < -0.39 is 5.97 Å². The van der Waals surface area contributed by atoms with Crippen molar-refractivity contribution < 1.29 is 9.90 Å². The van der Waals surface area contributed by atoms with Crippen LogP contribution in [0.2, 0.25) is 0 Å². The van der Waals surface area contributed by atoms with E-state index in [0.717, 1.165) is 12.6 Å². The van der Waals surface area contributed by atoms with Crippen LogP contribution in [0.3, 0.4) is 0 Å². The molecule has 0 fully saturated rings. The maximum absolute atomic E-state index is 9.51. The molecule has 1 aliphatic heterocycles. The molecule has 0 unspecified atom stereocenters. The first kappa shape index (κ1) is 15.4. The number of halogens is 1. The first-order valence-corrected chi connectivity index (χ1v) is 4.08. The number of aliphatic carboxylic acids is 1. The number of carbonyl (C=O) groups is 1. The summed E-state index contributed by atoms with van der Waals surface area (Å²) >= 11 is 0. The van der Waals surface area contributed by atoms with Gasteiger partial charge in [0.15, 0.2) is 0 Å². The van der Waals surface area contributed by atoms with Crippen LogP contribution < -0.4 is 5.32 Å². The van der Waals surface area contributed by atoms with Crippen molar-refractivity contribution in [3.05, 3.63) is 36.1 Å². The fourth-order valence-electron chi connectivity index (χ4n) is 0.702. The van der Waals surface area contributed by atoms with Gasteiger partial charge in [-0.2, -0.15) is 0 Å². The monoisotopic (exact) mass is 261 g/mol. The molecule has 1 aliphatic rings. The van der Waals surface area contributed by atoms with Crippen LogP contribution in [-0.2, 0) is 4.79 Å². The Hall–Kier alpha value is -1.03. The highest BCUT2D eigenvalue weighted by Crippen LogP contribution is 1.93. The Balaban J connectivity index is 0. The highest BCUT2D eigenvalue weighted by molar-refractivity contribution is 8.93. The molecule has 0 radical (unpaired) electrons. The Bertz CT molecular complexity index is 245. The first-order chi connectivity index (χ1) is 6.16. The van der Waals surface area contributed by atoms with Crippen LogP contribution in [-0.4, -0.2) is 17.6 Å². The Labute approximate surface area is 95.0 Å². The van der Waals surface area contributed by atoms with Gasteiger partial charge < -0.3 is 10.4 Å². The molecule has 1 heterocycles. The smallest absolute Gasteiger partial charge is 0.327 e. The summed E-state index contributed by atoms with van der Waals surface area (Å²) in [4.78, 5) is 9.51. The second-order valence-corrected chi connectivity index (χ2v) is 2.59. The average molecular weight is 262 g/mol. The van der Waals surface area contributed by atoms with Crippen LogP contribution >= 0.6 is 17.0 Å². The number of carboxylic acids is 1. The standard InChI is InChI=1S/C6H9N.C4H6O2.BrH/c1-6-3-2-4-7-5-6;1-2-3-4(5)6;/h2-4,7H,5H2,1H3;2-3H,1H3,(H,5,6);1H/b;3-2+;. The van der Waals surface area contributed by atoms with Gasteiger partial charge in [0.1, 0.15) is 0 Å². The van der Waals surface area contributed by atoms with Crippen molar-refractivity contribution in [2.75, 3.05) is 6.54 Å². The van der Waals surface area contributed by atoms with E-state index in [1.807, 2.05) is 12.3 Å². The van der Waals surface area contributed by atoms with E-state index >= 15 is 0 Å². The van der Waals surface area contributed by atoms with Gasteiger partial charge in [0.05, 0.1) is 0 Å². The summed E-state index contributed by atoms with van der Waals surface area (Å²) in [7, 11) is 0. The van der Waals surface area contributed by atoms with Crippen LogP contribution in [0.25, 0.3) is 0 Å². The van der Waals surface area contributed by atoms with E-state index in [9.17, 15) is 4.79 Å². The molecule has 80 valence electrons. The van der Waals surface area contributed by atoms with Crippen molar-refractivity contribution in [3.8, 4) is 0 Å². The van der Waals surface area contributed by atoms with Crippen molar-refractivity contribution in [1.29, 1.82) is 0 Å². The number of hydrogen-bond donors (Lipinski definition) is 2. The van der Waals surface area contributed by atoms with E-state index in [2.05, 4.69) is 18.3 Å². The second-order valence-electron chi connectivity index (χ2n) is 2.59. The predicted molar refractivity (Wildman–Crippen MR) is 63.7 cm³/mol. The van der Waals surface area contributed by atoms with Crippen molar-refractivity contribution in [2.45, 2.75) is 13.8 Å². The summed E-state index contributed by atoms with van der Waals surface area (Å²) in [5, 5.41) is 10.9. The Kier molecular flexibility index (Phi) is 11.1. The van der Waals surface area contributed by atoms with Gasteiger partial charge in [-0.25, -0.2) is 4.79 Å². The Morgan fingerprint density at radius 2 is 2.29 bits per heavy atom. The summed E-state index contributed by atoms with van der Waals surface area (Å²) < 4.78 is 0. The zero-order valence-corrected chi connectivity index (χ0v) is 10.1. The molecule has 0 saturated carbocycles. The minimum Gasteiger partial charge on any atom is -0.478 e. The molecule has 4 heteroatoms. The number of dihydropyridines is 1. The minimum atomic E-state index is -0.891. The van der Waals surface area contributed by atoms with E-state index in [-0.39, 0.29) is 17.0 Å². The lowest BCUT2D eigenvalue weighted by Crippen LogP contribution is -2.10. The third-order valence-electron chi connectivity index (χ3n) is 1.28. The summed E-state index contributed by atoms with van der Waals surface area (Å²) in [6, 6.07) is 0. The number of allylic oxidation sites excluding steroid dienone is 3. The van der Waals surface area contributed by atoms with Gasteiger partial charge >= 0.3 is 5.97 Å². The molecule has 0 aliphatic carbocycles. The summed E-state index contributed by atoms with van der Waals surface area (Å²) in [5.74, 6) is -0.891. The molecule has 3 nitrogen and oxygen atoms in total. The normalized spacial score (nSPS) is 13.1. The fraction of sp³-hybridized carbons (Fsp3) is 0.300. The van der Waals surface area contributed by atoms with Gasteiger partial charge in [-0.3, -0.25) is 0 Å². The minimum absolute atomic E-state index is 0. The Morgan fingerprint density at radius 1 is 1.64 bits per heavy atom. The summed E-state index contributed by atoms with van der Waals surface area (Å²) in [5.41, 5.74) is 1.39. The number of hydrogen-bond acceptors (Lipinski definition) is 2. The van der Waals surface area contributed by atoms with Crippen LogP contribution in [0.4, 0.5) is 0 Å². The molecule has 0 aromatic rings. The molecule has 0 saturated heterocycles. The quantitative estimate of drug-likeness (QED) is 0.713. The van der Waals surface area contributed by atoms with Crippen LogP contribution in [0.1, 0.15) is 13.8 Å². The zero-order chi connectivity index (χ0) is 10.1. The lowest BCUT2D eigenvalue weighted by atomic mass is 10.2. The van der Waals surface area contributed by atoms with E-state index in [0.29, 0.717) is 0 Å². The third-order valence-corrected chi connectivity index (χ3v) is 1.28. The molecular formula is C10H16BrNO2. The number of rotatable bonds is 1. The molecular weight excluding hydrogens is 246 g/mol. The van der Waals surface area contributed by atoms with Crippen molar-refractivity contribution in [3.63, 3.8) is 0 Å². The second kappa shape index (κ2) is 10.1. The largest absolute Gasteiger partial charge is 0.478 e. The fourth-order valence-corrected chi connectivity index (χ4v) is 0.702. The van der Waals surface area contributed by atoms with E-state index in [1.54, 1.807) is 6.92 Å². The first-order valence-electron chi connectivity index (χ1n) is 4.08. The van der Waals surface area contributed by atoms with E-state index in [4.69, 9.17) is 5.11 Å². The molecule has 14 heavy (non-hydrogen) atoms. The van der Waals surface area contributed by atoms with Crippen molar-refractivity contribution >= 4 is 23.0 Å². The molecule has 0 atom stereocenters. The summed E-state index contributed by atoms with van der Waals surface area (Å²) in [6.07, 6.45) is 8.63. The molecule has 0 amide bonds. The SMILES string of the molecule is Br.C/C=C/C(=O)O.CC1=CC=CNC1. The zero-order valence-electron chi connectivity index (χ0n) is 8.36. The van der Waals surface area contributed by atoms with Gasteiger partial charge in [0, 0.05) is 12.6 Å². The lowest BCUT2D eigenvalue weighted by Gasteiger charge is -2.02. The summed E-state index contributed by atoms with van der Waals surface area (Å²) in [6.45, 7) is 4.78. The number of nitrogens with one attached hydrogen (secondary N) is 1. The molecule has 0 spiro atoms. The van der Waals surface area contributed by atoms with Crippen LogP contribution in [0.15, 0.2) is 36.1 Å². The third kappa shape index (κ3) is 11.0. The van der Waals surface area contributed by atoms with Gasteiger partial charge in [0.25, 0.3) is 0 Å². The molecule has 2 N–H and O–H groups in total. The van der Waals surface area contributed by atoms with Crippen molar-refractivity contribution in [1.82, 2.24) is 5.32 Å². The highest BCUT2D eigenvalue weighted by atomic mass is 79.9.